The molecule has 0 saturated carbocycles. The SMILES string of the molecule is Cc1c(/C=C/C(=O)O)cnc2ccc(O[C@@H](C)c3c(Cl)ccc(F)c3Cl)cc12. The van der Waals surface area contributed by atoms with E-state index >= 15 is 0 Å². The van der Waals surface area contributed by atoms with E-state index in [-0.39, 0.29) is 5.02 Å². The van der Waals surface area contributed by atoms with Gasteiger partial charge in [0.15, 0.2) is 0 Å². The lowest BCUT2D eigenvalue weighted by atomic mass is 10.0. The maximum absolute atomic E-state index is 13.8. The highest BCUT2D eigenvalue weighted by atomic mass is 35.5. The van der Waals surface area contributed by atoms with Crippen molar-refractivity contribution in [1.29, 1.82) is 0 Å². The van der Waals surface area contributed by atoms with E-state index in [1.807, 2.05) is 6.92 Å². The summed E-state index contributed by atoms with van der Waals surface area (Å²) < 4.78 is 19.7. The van der Waals surface area contributed by atoms with E-state index in [0.717, 1.165) is 22.5 Å². The van der Waals surface area contributed by atoms with Crippen LogP contribution in [0.1, 0.15) is 29.7 Å². The Hall–Kier alpha value is -2.63. The van der Waals surface area contributed by atoms with E-state index in [0.29, 0.717) is 21.9 Å². The predicted octanol–water partition coefficient (Wildman–Crippen LogP) is 6.23. The maximum atomic E-state index is 13.8. The zero-order valence-electron chi connectivity index (χ0n) is 15.0. The van der Waals surface area contributed by atoms with E-state index in [9.17, 15) is 9.18 Å². The largest absolute Gasteiger partial charge is 0.486 e. The molecule has 7 heteroatoms. The fourth-order valence-corrected chi connectivity index (χ4v) is 3.58. The average Bonchev–Trinajstić information content (AvgIpc) is 2.65. The van der Waals surface area contributed by atoms with Gasteiger partial charge in [-0.25, -0.2) is 9.18 Å². The van der Waals surface area contributed by atoms with Gasteiger partial charge >= 0.3 is 5.97 Å². The molecule has 1 atom stereocenters. The molecule has 0 bridgehead atoms. The van der Waals surface area contributed by atoms with Gasteiger partial charge < -0.3 is 9.84 Å². The van der Waals surface area contributed by atoms with Crippen LogP contribution in [-0.4, -0.2) is 16.1 Å². The number of aromatic nitrogens is 1. The van der Waals surface area contributed by atoms with Gasteiger partial charge in [0.2, 0.25) is 0 Å². The first-order chi connectivity index (χ1) is 13.3. The smallest absolute Gasteiger partial charge is 0.328 e. The number of halogens is 3. The molecule has 0 aliphatic carbocycles. The summed E-state index contributed by atoms with van der Waals surface area (Å²) in [5.74, 6) is -1.07. The Morgan fingerprint density at radius 2 is 2.04 bits per heavy atom. The van der Waals surface area contributed by atoms with Crippen molar-refractivity contribution in [2.24, 2.45) is 0 Å². The molecule has 1 heterocycles. The van der Waals surface area contributed by atoms with Gasteiger partial charge in [-0.2, -0.15) is 0 Å². The number of rotatable bonds is 5. The lowest BCUT2D eigenvalue weighted by Crippen LogP contribution is -2.06. The summed E-state index contributed by atoms with van der Waals surface area (Å²) >= 11 is 12.2. The number of aryl methyl sites for hydroxylation is 1. The molecule has 3 aromatic rings. The maximum Gasteiger partial charge on any atom is 0.328 e. The quantitative estimate of drug-likeness (QED) is 0.393. The molecule has 0 amide bonds. The van der Waals surface area contributed by atoms with Crippen LogP contribution in [0.5, 0.6) is 5.75 Å². The number of aliphatic carboxylic acids is 1. The summed E-state index contributed by atoms with van der Waals surface area (Å²) in [6, 6.07) is 7.99. The molecule has 1 N–H and O–H groups in total. The summed E-state index contributed by atoms with van der Waals surface area (Å²) in [4.78, 5) is 15.1. The molecule has 2 aromatic carbocycles. The zero-order chi connectivity index (χ0) is 20.4. The van der Waals surface area contributed by atoms with Gasteiger partial charge in [-0.3, -0.25) is 4.98 Å². The van der Waals surface area contributed by atoms with Gasteiger partial charge in [-0.15, -0.1) is 0 Å². The monoisotopic (exact) mass is 419 g/mol. The van der Waals surface area contributed by atoms with Crippen LogP contribution in [0, 0.1) is 12.7 Å². The highest BCUT2D eigenvalue weighted by Crippen LogP contribution is 2.35. The highest BCUT2D eigenvalue weighted by Gasteiger charge is 2.19. The summed E-state index contributed by atoms with van der Waals surface area (Å²) in [7, 11) is 0. The van der Waals surface area contributed by atoms with Crippen LogP contribution in [0.25, 0.3) is 17.0 Å². The van der Waals surface area contributed by atoms with Gasteiger partial charge in [0, 0.05) is 28.2 Å². The van der Waals surface area contributed by atoms with Crippen molar-refractivity contribution in [3.8, 4) is 5.75 Å². The first-order valence-electron chi connectivity index (χ1n) is 8.38. The molecule has 0 unspecified atom stereocenters. The number of carboxylic acids is 1. The van der Waals surface area contributed by atoms with Crippen molar-refractivity contribution < 1.29 is 19.0 Å². The molecule has 1 aromatic heterocycles. The van der Waals surface area contributed by atoms with Crippen molar-refractivity contribution in [2.45, 2.75) is 20.0 Å². The molecule has 0 saturated heterocycles. The molecular formula is C21H16Cl2FNO3. The van der Waals surface area contributed by atoms with Crippen LogP contribution in [0.2, 0.25) is 10.0 Å². The van der Waals surface area contributed by atoms with Crippen LogP contribution in [0.3, 0.4) is 0 Å². The third-order valence-corrected chi connectivity index (χ3v) is 5.07. The van der Waals surface area contributed by atoms with Gasteiger partial charge in [-0.05, 0) is 61.4 Å². The van der Waals surface area contributed by atoms with E-state index in [1.54, 1.807) is 31.3 Å². The van der Waals surface area contributed by atoms with Crippen molar-refractivity contribution >= 4 is 46.2 Å². The number of carboxylic acid groups (broad SMARTS) is 1. The Bertz CT molecular complexity index is 1100. The van der Waals surface area contributed by atoms with Crippen molar-refractivity contribution in [2.75, 3.05) is 0 Å². The minimum atomic E-state index is -1.03. The molecule has 0 aliphatic heterocycles. The predicted molar refractivity (Wildman–Crippen MR) is 109 cm³/mol. The summed E-state index contributed by atoms with van der Waals surface area (Å²) in [5.41, 5.74) is 2.67. The van der Waals surface area contributed by atoms with Crippen molar-refractivity contribution in [1.82, 2.24) is 4.98 Å². The zero-order valence-corrected chi connectivity index (χ0v) is 16.6. The Balaban J connectivity index is 1.97. The second-order valence-corrected chi connectivity index (χ2v) is 6.99. The van der Waals surface area contributed by atoms with Crippen molar-refractivity contribution in [3.05, 3.63) is 75.2 Å². The van der Waals surface area contributed by atoms with Gasteiger partial charge in [0.25, 0.3) is 0 Å². The Labute approximate surface area is 171 Å². The summed E-state index contributed by atoms with van der Waals surface area (Å²) in [6.45, 7) is 3.60. The number of nitrogens with zero attached hydrogens (tertiary/aromatic N) is 1. The van der Waals surface area contributed by atoms with Crippen LogP contribution >= 0.6 is 23.2 Å². The summed E-state index contributed by atoms with van der Waals surface area (Å²) in [5, 5.41) is 9.88. The van der Waals surface area contributed by atoms with Crippen LogP contribution in [-0.2, 0) is 4.79 Å². The number of benzene rings is 2. The first-order valence-corrected chi connectivity index (χ1v) is 9.14. The Morgan fingerprint density at radius 3 is 2.75 bits per heavy atom. The fraction of sp³-hybridized carbons (Fsp3) is 0.143. The highest BCUT2D eigenvalue weighted by molar-refractivity contribution is 6.36. The molecule has 0 fully saturated rings. The first kappa shape index (κ1) is 20.1. The van der Waals surface area contributed by atoms with Crippen LogP contribution in [0.15, 0.2) is 42.6 Å². The molecule has 144 valence electrons. The molecule has 0 spiro atoms. The Morgan fingerprint density at radius 1 is 1.29 bits per heavy atom. The van der Waals surface area contributed by atoms with Crippen molar-refractivity contribution in [3.63, 3.8) is 0 Å². The third-order valence-electron chi connectivity index (χ3n) is 4.35. The number of hydrogen-bond donors (Lipinski definition) is 1. The number of ether oxygens (including phenoxy) is 1. The topological polar surface area (TPSA) is 59.4 Å². The van der Waals surface area contributed by atoms with Gasteiger partial charge in [0.05, 0.1) is 10.5 Å². The second kappa shape index (κ2) is 8.17. The van der Waals surface area contributed by atoms with Crippen LogP contribution in [0.4, 0.5) is 4.39 Å². The molecule has 28 heavy (non-hydrogen) atoms. The minimum absolute atomic E-state index is 0.0697. The lowest BCUT2D eigenvalue weighted by Gasteiger charge is -2.18. The van der Waals surface area contributed by atoms with Gasteiger partial charge in [-0.1, -0.05) is 23.2 Å². The summed E-state index contributed by atoms with van der Waals surface area (Å²) in [6.07, 6.45) is 3.59. The van der Waals surface area contributed by atoms with E-state index < -0.39 is 17.9 Å². The van der Waals surface area contributed by atoms with Crippen LogP contribution < -0.4 is 4.74 Å². The minimum Gasteiger partial charge on any atom is -0.486 e. The average molecular weight is 420 g/mol. The van der Waals surface area contributed by atoms with Gasteiger partial charge in [0.1, 0.15) is 17.7 Å². The molecule has 0 radical (unpaired) electrons. The second-order valence-electron chi connectivity index (χ2n) is 6.21. The molecule has 3 rings (SSSR count). The fourth-order valence-electron chi connectivity index (χ4n) is 2.90. The molecule has 4 nitrogen and oxygen atoms in total. The number of hydrogen-bond acceptors (Lipinski definition) is 3. The van der Waals surface area contributed by atoms with E-state index in [1.165, 1.54) is 18.2 Å². The Kier molecular flexibility index (Phi) is 5.87. The molecular weight excluding hydrogens is 404 g/mol. The number of carbonyl (C=O) groups is 1. The number of pyridine rings is 1. The third kappa shape index (κ3) is 4.11. The van der Waals surface area contributed by atoms with E-state index in [4.69, 9.17) is 33.0 Å². The van der Waals surface area contributed by atoms with E-state index in [2.05, 4.69) is 4.98 Å². The number of fused-ring (bicyclic) bond motifs is 1. The molecule has 0 aliphatic rings. The standard InChI is InChI=1S/C21H16Cl2FNO3/c1-11-13(3-8-19(26)27)10-25-18-7-4-14(9-15(11)18)28-12(2)20-16(22)5-6-17(24)21(20)23/h3-10,12H,1-2H3,(H,26,27)/b8-3+/t12-/m0/s1. The lowest BCUT2D eigenvalue weighted by molar-refractivity contribution is -0.131. The normalized spacial score (nSPS) is 12.5.